The van der Waals surface area contributed by atoms with Crippen LogP contribution in [0.5, 0.6) is 0 Å². The van der Waals surface area contributed by atoms with Crippen molar-refractivity contribution in [3.63, 3.8) is 0 Å². The molecule has 4 heteroatoms. The van der Waals surface area contributed by atoms with Gasteiger partial charge in [-0.2, -0.15) is 0 Å². The van der Waals surface area contributed by atoms with E-state index in [9.17, 15) is 0 Å². The van der Waals surface area contributed by atoms with Crippen LogP contribution in [0.4, 0.5) is 0 Å². The molecule has 0 bridgehead atoms. The van der Waals surface area contributed by atoms with Crippen LogP contribution >= 0.6 is 21.6 Å². The van der Waals surface area contributed by atoms with Crippen molar-refractivity contribution in [2.45, 2.75) is 11.9 Å². The van der Waals surface area contributed by atoms with Crippen molar-refractivity contribution >= 4 is 21.6 Å². The van der Waals surface area contributed by atoms with Gasteiger partial charge in [-0.3, -0.25) is 0 Å². The lowest BCUT2D eigenvalue weighted by atomic mass is 10.2. The molecule has 1 heterocycles. The van der Waals surface area contributed by atoms with Gasteiger partial charge in [-0.25, -0.2) is 4.98 Å². The standard InChI is InChI=1S/C10H15NOS2/c1-9(7-12-2)8-13-14-10-5-3-4-6-11-10/h3-6,9H,7-8H2,1-2H3. The molecular formula is C10H15NOS2. The van der Waals surface area contributed by atoms with E-state index in [0.29, 0.717) is 5.92 Å². The van der Waals surface area contributed by atoms with Crippen molar-refractivity contribution in [3.05, 3.63) is 24.4 Å². The van der Waals surface area contributed by atoms with E-state index >= 15 is 0 Å². The van der Waals surface area contributed by atoms with Gasteiger partial charge in [0.05, 0.1) is 0 Å². The van der Waals surface area contributed by atoms with Crippen molar-refractivity contribution in [2.24, 2.45) is 5.92 Å². The van der Waals surface area contributed by atoms with Gasteiger partial charge >= 0.3 is 0 Å². The molecule has 1 unspecified atom stereocenters. The lowest BCUT2D eigenvalue weighted by Crippen LogP contribution is -2.05. The average molecular weight is 229 g/mol. The zero-order valence-corrected chi connectivity index (χ0v) is 10.1. The summed E-state index contributed by atoms with van der Waals surface area (Å²) in [7, 11) is 5.30. The second-order valence-corrected chi connectivity index (χ2v) is 5.46. The minimum absolute atomic E-state index is 0.598. The van der Waals surface area contributed by atoms with Crippen LogP contribution < -0.4 is 0 Å². The summed E-state index contributed by atoms with van der Waals surface area (Å²) in [6.07, 6.45) is 1.82. The van der Waals surface area contributed by atoms with Crippen molar-refractivity contribution in [2.75, 3.05) is 19.5 Å². The number of pyridine rings is 1. The second kappa shape index (κ2) is 7.15. The molecule has 14 heavy (non-hydrogen) atoms. The molecule has 0 amide bonds. The Morgan fingerprint density at radius 1 is 1.50 bits per heavy atom. The summed E-state index contributed by atoms with van der Waals surface area (Å²) in [5.41, 5.74) is 0. The molecule has 0 aliphatic carbocycles. The summed E-state index contributed by atoms with van der Waals surface area (Å²) in [5, 5.41) is 1.07. The summed E-state index contributed by atoms with van der Waals surface area (Å²) < 4.78 is 5.07. The van der Waals surface area contributed by atoms with Crippen LogP contribution in [0, 0.1) is 5.92 Å². The highest BCUT2D eigenvalue weighted by Gasteiger charge is 2.02. The number of aromatic nitrogens is 1. The highest BCUT2D eigenvalue weighted by atomic mass is 33.1. The van der Waals surface area contributed by atoms with Gasteiger partial charge < -0.3 is 4.74 Å². The monoisotopic (exact) mass is 229 g/mol. The molecule has 0 saturated carbocycles. The van der Waals surface area contributed by atoms with Gasteiger partial charge in [0.25, 0.3) is 0 Å². The Morgan fingerprint density at radius 2 is 2.36 bits per heavy atom. The average Bonchev–Trinajstić information content (AvgIpc) is 2.20. The van der Waals surface area contributed by atoms with Crippen LogP contribution in [0.1, 0.15) is 6.92 Å². The molecule has 2 nitrogen and oxygen atoms in total. The zero-order valence-electron chi connectivity index (χ0n) is 8.47. The van der Waals surface area contributed by atoms with E-state index in [4.69, 9.17) is 4.74 Å². The first-order chi connectivity index (χ1) is 6.83. The molecule has 0 fully saturated rings. The Labute approximate surface area is 93.2 Å². The van der Waals surface area contributed by atoms with Crippen molar-refractivity contribution in [1.82, 2.24) is 4.98 Å². The molecule has 0 saturated heterocycles. The quantitative estimate of drug-likeness (QED) is 0.699. The first-order valence-electron chi connectivity index (χ1n) is 4.52. The number of nitrogens with zero attached hydrogens (tertiary/aromatic N) is 1. The Kier molecular flexibility index (Phi) is 6.07. The fourth-order valence-corrected chi connectivity index (χ4v) is 3.25. The Bertz CT molecular complexity index is 243. The Morgan fingerprint density at radius 3 is 3.00 bits per heavy atom. The van der Waals surface area contributed by atoms with Crippen molar-refractivity contribution in [1.29, 1.82) is 0 Å². The highest BCUT2D eigenvalue weighted by Crippen LogP contribution is 2.30. The molecule has 1 aromatic rings. The van der Waals surface area contributed by atoms with E-state index in [1.807, 2.05) is 35.2 Å². The number of methoxy groups -OCH3 is 1. The van der Waals surface area contributed by atoms with Crippen molar-refractivity contribution in [3.8, 4) is 0 Å². The summed E-state index contributed by atoms with van der Waals surface area (Å²) in [5.74, 6) is 1.69. The smallest absolute Gasteiger partial charge is 0.106 e. The third-order valence-corrected chi connectivity index (χ3v) is 4.10. The number of rotatable bonds is 6. The Balaban J connectivity index is 2.16. The Hall–Kier alpha value is -0.190. The van der Waals surface area contributed by atoms with E-state index in [1.165, 1.54) is 0 Å². The number of hydrogen-bond acceptors (Lipinski definition) is 4. The van der Waals surface area contributed by atoms with E-state index in [0.717, 1.165) is 17.4 Å². The summed E-state index contributed by atoms with van der Waals surface area (Å²) >= 11 is 0. The molecule has 0 N–H and O–H groups in total. The van der Waals surface area contributed by atoms with Gasteiger partial charge in [-0.1, -0.05) is 23.8 Å². The predicted octanol–water partition coefficient (Wildman–Crippen LogP) is 3.10. The molecule has 1 atom stereocenters. The van der Waals surface area contributed by atoms with E-state index in [2.05, 4.69) is 11.9 Å². The fourth-order valence-electron chi connectivity index (χ4n) is 0.940. The molecule has 1 aromatic heterocycles. The van der Waals surface area contributed by atoms with Gasteiger partial charge in [0.1, 0.15) is 5.03 Å². The fraction of sp³-hybridized carbons (Fsp3) is 0.500. The summed E-state index contributed by atoms with van der Waals surface area (Å²) in [6.45, 7) is 3.02. The van der Waals surface area contributed by atoms with Crippen LogP contribution in [0.3, 0.4) is 0 Å². The topological polar surface area (TPSA) is 22.1 Å². The molecule has 0 radical (unpaired) electrons. The molecular weight excluding hydrogens is 214 g/mol. The molecule has 0 aliphatic heterocycles. The summed E-state index contributed by atoms with van der Waals surface area (Å²) in [6, 6.07) is 5.97. The van der Waals surface area contributed by atoms with Gasteiger partial charge in [-0.15, -0.1) is 0 Å². The number of ether oxygens (including phenoxy) is 1. The van der Waals surface area contributed by atoms with Gasteiger partial charge in [0.15, 0.2) is 0 Å². The van der Waals surface area contributed by atoms with Crippen LogP contribution in [-0.2, 0) is 4.74 Å². The number of hydrogen-bond donors (Lipinski definition) is 0. The molecule has 0 aromatic carbocycles. The first kappa shape index (κ1) is 11.9. The molecule has 1 rings (SSSR count). The highest BCUT2D eigenvalue weighted by molar-refractivity contribution is 8.76. The van der Waals surface area contributed by atoms with Crippen LogP contribution in [0.2, 0.25) is 0 Å². The normalized spacial score (nSPS) is 12.7. The first-order valence-corrected chi connectivity index (χ1v) is 6.84. The van der Waals surface area contributed by atoms with Crippen molar-refractivity contribution < 1.29 is 4.74 Å². The summed E-state index contributed by atoms with van der Waals surface area (Å²) in [4.78, 5) is 4.23. The third kappa shape index (κ3) is 4.88. The van der Waals surface area contributed by atoms with Crippen LogP contribution in [0.25, 0.3) is 0 Å². The van der Waals surface area contributed by atoms with Gasteiger partial charge in [0, 0.05) is 25.7 Å². The zero-order chi connectivity index (χ0) is 10.2. The minimum Gasteiger partial charge on any atom is -0.384 e. The largest absolute Gasteiger partial charge is 0.384 e. The van der Waals surface area contributed by atoms with Gasteiger partial charge in [0.2, 0.25) is 0 Å². The lowest BCUT2D eigenvalue weighted by Gasteiger charge is -2.08. The maximum absolute atomic E-state index is 5.07. The molecule has 0 spiro atoms. The third-order valence-electron chi connectivity index (χ3n) is 1.59. The van der Waals surface area contributed by atoms with E-state index in [1.54, 1.807) is 17.9 Å². The van der Waals surface area contributed by atoms with Crippen LogP contribution in [0.15, 0.2) is 29.4 Å². The second-order valence-electron chi connectivity index (χ2n) is 3.10. The predicted molar refractivity (Wildman–Crippen MR) is 63.6 cm³/mol. The van der Waals surface area contributed by atoms with E-state index < -0.39 is 0 Å². The minimum atomic E-state index is 0.598. The van der Waals surface area contributed by atoms with Gasteiger partial charge in [-0.05, 0) is 28.8 Å². The maximum Gasteiger partial charge on any atom is 0.106 e. The molecule has 78 valence electrons. The molecule has 0 aliphatic rings. The van der Waals surface area contributed by atoms with E-state index in [-0.39, 0.29) is 0 Å². The van der Waals surface area contributed by atoms with Crippen LogP contribution in [-0.4, -0.2) is 24.5 Å². The lowest BCUT2D eigenvalue weighted by molar-refractivity contribution is 0.168. The maximum atomic E-state index is 5.07. The SMILES string of the molecule is COCC(C)CSSc1ccccn1.